The molecule has 1 N–H and O–H groups in total. The number of ether oxygens (including phenoxy) is 3. The minimum absolute atomic E-state index is 0.204. The monoisotopic (exact) mass is 506 g/mol. The summed E-state index contributed by atoms with van der Waals surface area (Å²) in [4.78, 5) is 30.3. The number of likely N-dealkylation sites (N-methyl/N-ethyl adjacent to an activating group) is 1. The third-order valence-corrected chi connectivity index (χ3v) is 5.23. The first kappa shape index (κ1) is 27.5. The number of hydrogen-bond donors (Lipinski definition) is 1. The summed E-state index contributed by atoms with van der Waals surface area (Å²) in [5.41, 5.74) is 1.13. The van der Waals surface area contributed by atoms with Crippen LogP contribution in [-0.2, 0) is 27.4 Å². The zero-order valence-corrected chi connectivity index (χ0v) is 21.9. The molecule has 0 aliphatic carbocycles. The van der Waals surface area contributed by atoms with Crippen LogP contribution in [0.4, 0.5) is 4.79 Å². The van der Waals surface area contributed by atoms with Crippen LogP contribution in [0.1, 0.15) is 31.9 Å². The van der Waals surface area contributed by atoms with Gasteiger partial charge in [0.15, 0.2) is 11.5 Å². The Hall–Kier alpha value is -4.04. The van der Waals surface area contributed by atoms with E-state index in [1.165, 1.54) is 14.2 Å². The van der Waals surface area contributed by atoms with Gasteiger partial charge in [0.25, 0.3) is 5.91 Å². The number of alkyl carbamates (subject to hydrolysis) is 1. The highest BCUT2D eigenvalue weighted by atomic mass is 16.7. The molecule has 0 aromatic heterocycles. The molecule has 0 bridgehead atoms. The topological polar surface area (TPSA) is 86.3 Å². The van der Waals surface area contributed by atoms with Crippen molar-refractivity contribution in [3.8, 4) is 17.2 Å². The van der Waals surface area contributed by atoms with E-state index >= 15 is 0 Å². The first-order chi connectivity index (χ1) is 17.6. The highest BCUT2D eigenvalue weighted by molar-refractivity contribution is 5.85. The Kier molecular flexibility index (Phi) is 9.51. The van der Waals surface area contributed by atoms with E-state index in [4.69, 9.17) is 19.0 Å². The molecule has 2 amide bonds. The second kappa shape index (κ2) is 12.8. The van der Waals surface area contributed by atoms with E-state index in [9.17, 15) is 9.59 Å². The summed E-state index contributed by atoms with van der Waals surface area (Å²) in [7, 11) is 2.87. The lowest BCUT2D eigenvalue weighted by Crippen LogP contribution is -2.49. The van der Waals surface area contributed by atoms with Crippen LogP contribution < -0.4 is 14.8 Å². The van der Waals surface area contributed by atoms with Gasteiger partial charge in [0.2, 0.25) is 0 Å². The maximum absolute atomic E-state index is 12.9. The molecule has 0 saturated carbocycles. The summed E-state index contributed by atoms with van der Waals surface area (Å²) >= 11 is 0. The fourth-order valence-electron chi connectivity index (χ4n) is 3.45. The van der Waals surface area contributed by atoms with Crippen molar-refractivity contribution in [2.45, 2.75) is 45.4 Å². The van der Waals surface area contributed by atoms with Crippen LogP contribution in [0.25, 0.3) is 0 Å². The number of amides is 2. The number of carbonyl (C=O) groups is 2. The van der Waals surface area contributed by atoms with Crippen LogP contribution in [0.5, 0.6) is 17.2 Å². The van der Waals surface area contributed by atoms with E-state index in [1.54, 1.807) is 20.8 Å². The molecule has 1 unspecified atom stereocenters. The molecule has 8 heteroatoms. The minimum atomic E-state index is -0.906. The molecule has 0 aliphatic heterocycles. The van der Waals surface area contributed by atoms with Gasteiger partial charge in [-0.05, 0) is 56.2 Å². The Morgan fingerprint density at radius 2 is 1.54 bits per heavy atom. The molecule has 3 rings (SSSR count). The predicted octanol–water partition coefficient (Wildman–Crippen LogP) is 5.51. The van der Waals surface area contributed by atoms with Gasteiger partial charge in [0.05, 0.1) is 7.11 Å². The van der Waals surface area contributed by atoms with Crippen molar-refractivity contribution in [3.05, 3.63) is 90.0 Å². The van der Waals surface area contributed by atoms with Crippen molar-refractivity contribution in [1.29, 1.82) is 0 Å². The van der Waals surface area contributed by atoms with E-state index in [-0.39, 0.29) is 6.42 Å². The maximum atomic E-state index is 12.9. The average molecular weight is 507 g/mol. The van der Waals surface area contributed by atoms with Gasteiger partial charge in [-0.25, -0.2) is 9.86 Å². The van der Waals surface area contributed by atoms with Gasteiger partial charge in [-0.3, -0.25) is 9.63 Å². The largest absolute Gasteiger partial charge is 0.485 e. The summed E-state index contributed by atoms with van der Waals surface area (Å²) in [6, 6.07) is 23.7. The molecule has 8 nitrogen and oxygen atoms in total. The molecule has 3 aromatic carbocycles. The fourth-order valence-corrected chi connectivity index (χ4v) is 3.45. The van der Waals surface area contributed by atoms with Gasteiger partial charge in [-0.2, -0.15) is 0 Å². The molecule has 0 spiro atoms. The molecule has 1 atom stereocenters. The molecule has 0 saturated heterocycles. The Labute approximate surface area is 218 Å². The predicted molar refractivity (Wildman–Crippen MR) is 140 cm³/mol. The summed E-state index contributed by atoms with van der Waals surface area (Å²) in [6.45, 7) is 5.68. The van der Waals surface area contributed by atoms with E-state index in [1.807, 2.05) is 78.9 Å². The molecule has 0 aliphatic rings. The third-order valence-electron chi connectivity index (χ3n) is 5.23. The van der Waals surface area contributed by atoms with Crippen molar-refractivity contribution < 1.29 is 28.6 Å². The molecule has 0 heterocycles. The van der Waals surface area contributed by atoms with E-state index in [0.29, 0.717) is 23.9 Å². The van der Waals surface area contributed by atoms with Crippen LogP contribution in [-0.4, -0.2) is 42.9 Å². The first-order valence-corrected chi connectivity index (χ1v) is 12.0. The normalized spacial score (nSPS) is 11.8. The average Bonchev–Trinajstić information content (AvgIpc) is 2.86. The molecular formula is C29H34N2O6. The lowest BCUT2D eigenvalue weighted by atomic mass is 10.0. The fraction of sp³-hybridized carbons (Fsp3) is 0.310. The van der Waals surface area contributed by atoms with Crippen molar-refractivity contribution in [2.24, 2.45) is 0 Å². The number of nitrogens with one attached hydrogen (secondary N) is 1. The highest BCUT2D eigenvalue weighted by Crippen LogP contribution is 2.32. The van der Waals surface area contributed by atoms with Crippen molar-refractivity contribution >= 4 is 12.0 Å². The third kappa shape index (κ3) is 8.84. The van der Waals surface area contributed by atoms with Gasteiger partial charge in [-0.1, -0.05) is 54.6 Å². The van der Waals surface area contributed by atoms with Crippen molar-refractivity contribution in [1.82, 2.24) is 10.4 Å². The summed E-state index contributed by atoms with van der Waals surface area (Å²) < 4.78 is 17.5. The summed E-state index contributed by atoms with van der Waals surface area (Å²) in [5, 5.41) is 3.73. The Balaban J connectivity index is 1.74. The molecular weight excluding hydrogens is 472 g/mol. The van der Waals surface area contributed by atoms with E-state index < -0.39 is 23.6 Å². The number of hydrogen-bond acceptors (Lipinski definition) is 6. The van der Waals surface area contributed by atoms with E-state index in [2.05, 4.69) is 5.32 Å². The number of benzene rings is 3. The molecule has 0 radical (unpaired) electrons. The zero-order valence-electron chi connectivity index (χ0n) is 21.9. The quantitative estimate of drug-likeness (QED) is 0.365. The lowest BCUT2D eigenvalue weighted by Gasteiger charge is -2.25. The van der Waals surface area contributed by atoms with Gasteiger partial charge in [0, 0.05) is 13.5 Å². The number of nitrogens with zero attached hydrogens (tertiary/aromatic N) is 1. The van der Waals surface area contributed by atoms with Gasteiger partial charge in [-0.15, -0.1) is 0 Å². The minimum Gasteiger partial charge on any atom is -0.485 e. The number of rotatable bonds is 10. The van der Waals surface area contributed by atoms with Crippen LogP contribution in [0.15, 0.2) is 78.9 Å². The standard InChI is InChI=1S/C29H34N2O6/c1-29(2,3)37-28(33)30-24(27(32)31(4)34-5)19-22-14-11-15-23(18-22)36-26-17-10-9-16-25(26)35-20-21-12-7-6-8-13-21/h6-18,24H,19-20H2,1-5H3,(H,30,33). The van der Waals surface area contributed by atoms with Gasteiger partial charge < -0.3 is 19.5 Å². The Morgan fingerprint density at radius 3 is 2.22 bits per heavy atom. The molecule has 196 valence electrons. The van der Waals surface area contributed by atoms with Crippen molar-refractivity contribution in [3.63, 3.8) is 0 Å². The Bertz CT molecular complexity index is 1180. The zero-order chi connectivity index (χ0) is 26.8. The van der Waals surface area contributed by atoms with Crippen LogP contribution in [0.2, 0.25) is 0 Å². The van der Waals surface area contributed by atoms with Gasteiger partial charge >= 0.3 is 6.09 Å². The smallest absolute Gasteiger partial charge is 0.408 e. The molecule has 37 heavy (non-hydrogen) atoms. The SMILES string of the molecule is CON(C)C(=O)C(Cc1cccc(Oc2ccccc2OCc2ccccc2)c1)NC(=O)OC(C)(C)C. The number of carbonyl (C=O) groups excluding carboxylic acids is 2. The summed E-state index contributed by atoms with van der Waals surface area (Å²) in [6.07, 6.45) is -0.484. The van der Waals surface area contributed by atoms with E-state index in [0.717, 1.165) is 16.2 Å². The second-order valence-electron chi connectivity index (χ2n) is 9.39. The van der Waals surface area contributed by atoms with Crippen LogP contribution >= 0.6 is 0 Å². The van der Waals surface area contributed by atoms with Gasteiger partial charge in [0.1, 0.15) is 24.0 Å². The van der Waals surface area contributed by atoms with Crippen LogP contribution in [0, 0.1) is 0 Å². The number of para-hydroxylation sites is 2. The lowest BCUT2D eigenvalue weighted by molar-refractivity contribution is -0.171. The highest BCUT2D eigenvalue weighted by Gasteiger charge is 2.27. The second-order valence-corrected chi connectivity index (χ2v) is 9.39. The maximum Gasteiger partial charge on any atom is 0.408 e. The van der Waals surface area contributed by atoms with Crippen LogP contribution in [0.3, 0.4) is 0 Å². The van der Waals surface area contributed by atoms with Crippen molar-refractivity contribution in [2.75, 3.05) is 14.2 Å². The number of hydroxylamine groups is 2. The first-order valence-electron chi connectivity index (χ1n) is 12.0. The Morgan fingerprint density at radius 1 is 0.892 bits per heavy atom. The molecule has 0 fully saturated rings. The summed E-state index contributed by atoms with van der Waals surface area (Å²) in [5.74, 6) is 1.32. The molecule has 3 aromatic rings.